The molecule has 4 nitrogen and oxygen atoms in total. The van der Waals surface area contributed by atoms with Gasteiger partial charge in [0, 0.05) is 6.04 Å². The third-order valence-corrected chi connectivity index (χ3v) is 2.88. The average molecular weight is 221 g/mol. The first-order valence-electron chi connectivity index (χ1n) is 5.22. The molecule has 1 aliphatic rings. The first-order valence-corrected chi connectivity index (χ1v) is 5.22. The summed E-state index contributed by atoms with van der Waals surface area (Å²) in [5.74, 6) is 0.650. The number of ether oxygens (including phenoxy) is 2. The maximum atomic E-state index is 11.2. The van der Waals surface area contributed by atoms with Crippen LogP contribution in [0.15, 0.2) is 24.3 Å². The van der Waals surface area contributed by atoms with Crippen molar-refractivity contribution in [1.82, 2.24) is 5.32 Å². The maximum Gasteiger partial charge on any atom is 0.322 e. The van der Waals surface area contributed by atoms with Gasteiger partial charge < -0.3 is 9.47 Å². The molecule has 0 saturated carbocycles. The lowest BCUT2D eigenvalue weighted by Crippen LogP contribution is -2.51. The van der Waals surface area contributed by atoms with Gasteiger partial charge in [-0.3, -0.25) is 10.1 Å². The van der Waals surface area contributed by atoms with Crippen LogP contribution in [0.2, 0.25) is 0 Å². The second-order valence-corrected chi connectivity index (χ2v) is 3.80. The van der Waals surface area contributed by atoms with E-state index in [0.29, 0.717) is 0 Å². The van der Waals surface area contributed by atoms with E-state index >= 15 is 0 Å². The van der Waals surface area contributed by atoms with Crippen LogP contribution in [0.4, 0.5) is 0 Å². The van der Waals surface area contributed by atoms with Gasteiger partial charge in [-0.2, -0.15) is 0 Å². The number of nitrogens with one attached hydrogen (secondary N) is 1. The number of carbonyl (C=O) groups is 1. The highest BCUT2D eigenvalue weighted by Gasteiger charge is 2.35. The fourth-order valence-corrected chi connectivity index (χ4v) is 1.83. The molecule has 86 valence electrons. The fourth-order valence-electron chi connectivity index (χ4n) is 1.83. The van der Waals surface area contributed by atoms with Crippen molar-refractivity contribution < 1.29 is 14.3 Å². The van der Waals surface area contributed by atoms with Crippen molar-refractivity contribution in [3.05, 3.63) is 29.8 Å². The highest BCUT2D eigenvalue weighted by Crippen LogP contribution is 2.29. The van der Waals surface area contributed by atoms with Crippen LogP contribution >= 0.6 is 0 Å². The lowest BCUT2D eigenvalue weighted by Gasteiger charge is -2.35. The lowest BCUT2D eigenvalue weighted by molar-refractivity contribution is -0.146. The monoisotopic (exact) mass is 221 g/mol. The van der Waals surface area contributed by atoms with E-state index in [0.717, 1.165) is 12.2 Å². The second-order valence-electron chi connectivity index (χ2n) is 3.80. The van der Waals surface area contributed by atoms with Crippen molar-refractivity contribution in [2.75, 3.05) is 14.2 Å². The second kappa shape index (κ2) is 4.53. The fraction of sp³-hybridized carbons (Fsp3) is 0.417. The third-order valence-electron chi connectivity index (χ3n) is 2.88. The summed E-state index contributed by atoms with van der Waals surface area (Å²) in [6, 6.07) is 7.94. The predicted octanol–water partition coefficient (Wildman–Crippen LogP) is 1.27. The van der Waals surface area contributed by atoms with Gasteiger partial charge in [0.1, 0.15) is 11.8 Å². The highest BCUT2D eigenvalue weighted by atomic mass is 16.5. The summed E-state index contributed by atoms with van der Waals surface area (Å²) in [6.45, 7) is 0. The van der Waals surface area contributed by atoms with Gasteiger partial charge >= 0.3 is 5.97 Å². The Labute approximate surface area is 94.6 Å². The molecular weight excluding hydrogens is 206 g/mol. The zero-order valence-corrected chi connectivity index (χ0v) is 9.40. The van der Waals surface area contributed by atoms with Gasteiger partial charge in [0.15, 0.2) is 0 Å². The van der Waals surface area contributed by atoms with E-state index in [9.17, 15) is 4.79 Å². The molecule has 1 aromatic rings. The molecule has 0 bridgehead atoms. The Balaban J connectivity index is 1.93. The molecule has 1 aromatic carbocycles. The summed E-state index contributed by atoms with van der Waals surface area (Å²) in [7, 11) is 3.05. The Hall–Kier alpha value is -1.55. The van der Waals surface area contributed by atoms with Crippen molar-refractivity contribution in [1.29, 1.82) is 0 Å². The molecule has 0 aliphatic carbocycles. The van der Waals surface area contributed by atoms with E-state index in [1.165, 1.54) is 12.7 Å². The molecule has 1 saturated heterocycles. The molecule has 2 rings (SSSR count). The number of benzene rings is 1. The summed E-state index contributed by atoms with van der Waals surface area (Å²) in [5, 5.41) is 3.17. The summed E-state index contributed by atoms with van der Waals surface area (Å²) >= 11 is 0. The molecule has 0 aromatic heterocycles. The van der Waals surface area contributed by atoms with Crippen LogP contribution in [0.5, 0.6) is 5.75 Å². The Morgan fingerprint density at radius 2 is 1.94 bits per heavy atom. The molecule has 1 N–H and O–H groups in total. The standard InChI is InChI=1S/C12H15NO3/c1-15-9-5-3-8(4-6-9)10-7-11(13-10)12(14)16-2/h3-6,10-11,13H,7H2,1-2H3. The number of hydrogen-bond donors (Lipinski definition) is 1. The Morgan fingerprint density at radius 1 is 1.31 bits per heavy atom. The predicted molar refractivity (Wildman–Crippen MR) is 59.3 cm³/mol. The minimum absolute atomic E-state index is 0.155. The van der Waals surface area contributed by atoms with E-state index < -0.39 is 0 Å². The van der Waals surface area contributed by atoms with Crippen LogP contribution in [0.25, 0.3) is 0 Å². The van der Waals surface area contributed by atoms with Gasteiger partial charge in [-0.25, -0.2) is 0 Å². The van der Waals surface area contributed by atoms with E-state index in [4.69, 9.17) is 4.74 Å². The number of hydrogen-bond acceptors (Lipinski definition) is 4. The molecular formula is C12H15NO3. The van der Waals surface area contributed by atoms with Crippen molar-refractivity contribution in [3.8, 4) is 5.75 Å². The molecule has 2 unspecified atom stereocenters. The SMILES string of the molecule is COC(=O)C1CC(c2ccc(OC)cc2)N1. The minimum Gasteiger partial charge on any atom is -0.497 e. The van der Waals surface area contributed by atoms with Gasteiger partial charge in [0.05, 0.1) is 14.2 Å². The highest BCUT2D eigenvalue weighted by molar-refractivity contribution is 5.77. The maximum absolute atomic E-state index is 11.2. The molecule has 2 atom stereocenters. The smallest absolute Gasteiger partial charge is 0.322 e. The molecule has 1 heterocycles. The van der Waals surface area contributed by atoms with Crippen LogP contribution < -0.4 is 10.1 Å². The quantitative estimate of drug-likeness (QED) is 0.781. The van der Waals surface area contributed by atoms with Gasteiger partial charge in [0.2, 0.25) is 0 Å². The number of esters is 1. The normalized spacial score (nSPS) is 23.4. The Kier molecular flexibility index (Phi) is 3.10. The Morgan fingerprint density at radius 3 is 2.44 bits per heavy atom. The molecule has 1 fully saturated rings. The van der Waals surface area contributed by atoms with E-state index in [-0.39, 0.29) is 18.1 Å². The molecule has 0 radical (unpaired) electrons. The molecule has 4 heteroatoms. The van der Waals surface area contributed by atoms with Gasteiger partial charge in [-0.05, 0) is 24.1 Å². The average Bonchev–Trinajstić information content (AvgIpc) is 2.27. The molecule has 0 amide bonds. The Bertz CT molecular complexity index is 368. The van der Waals surface area contributed by atoms with Crippen molar-refractivity contribution in [2.24, 2.45) is 0 Å². The van der Waals surface area contributed by atoms with Crippen LogP contribution in [0, 0.1) is 0 Å². The number of methoxy groups -OCH3 is 2. The first-order chi connectivity index (χ1) is 7.74. The van der Waals surface area contributed by atoms with E-state index in [2.05, 4.69) is 10.1 Å². The summed E-state index contributed by atoms with van der Waals surface area (Å²) in [4.78, 5) is 11.2. The molecule has 1 aliphatic heterocycles. The molecule has 0 spiro atoms. The van der Waals surface area contributed by atoms with Crippen LogP contribution in [-0.4, -0.2) is 26.2 Å². The van der Waals surface area contributed by atoms with E-state index in [1.54, 1.807) is 7.11 Å². The van der Waals surface area contributed by atoms with Crippen molar-refractivity contribution in [2.45, 2.75) is 18.5 Å². The number of carbonyl (C=O) groups excluding carboxylic acids is 1. The van der Waals surface area contributed by atoms with Gasteiger partial charge in [0.25, 0.3) is 0 Å². The first kappa shape index (κ1) is 11.0. The van der Waals surface area contributed by atoms with Crippen LogP contribution in [0.3, 0.4) is 0 Å². The van der Waals surface area contributed by atoms with Gasteiger partial charge in [-0.1, -0.05) is 12.1 Å². The minimum atomic E-state index is -0.190. The third kappa shape index (κ3) is 2.02. The zero-order valence-electron chi connectivity index (χ0n) is 9.40. The van der Waals surface area contributed by atoms with Crippen LogP contribution in [-0.2, 0) is 9.53 Å². The summed E-state index contributed by atoms with van der Waals surface area (Å²) in [6.07, 6.45) is 0.791. The van der Waals surface area contributed by atoms with E-state index in [1.807, 2.05) is 24.3 Å². The topological polar surface area (TPSA) is 47.6 Å². The van der Waals surface area contributed by atoms with Crippen LogP contribution in [0.1, 0.15) is 18.0 Å². The number of rotatable bonds is 3. The lowest BCUT2D eigenvalue weighted by atomic mass is 9.91. The van der Waals surface area contributed by atoms with Crippen molar-refractivity contribution in [3.63, 3.8) is 0 Å². The van der Waals surface area contributed by atoms with Gasteiger partial charge in [-0.15, -0.1) is 0 Å². The largest absolute Gasteiger partial charge is 0.497 e. The summed E-state index contributed by atoms with van der Waals surface area (Å²) in [5.41, 5.74) is 1.17. The van der Waals surface area contributed by atoms with Crippen molar-refractivity contribution >= 4 is 5.97 Å². The summed E-state index contributed by atoms with van der Waals surface area (Å²) < 4.78 is 9.74. The molecule has 16 heavy (non-hydrogen) atoms. The zero-order chi connectivity index (χ0) is 11.5.